The van der Waals surface area contributed by atoms with E-state index in [1.54, 1.807) is 0 Å². The fourth-order valence-electron chi connectivity index (χ4n) is 1.29. The highest BCUT2D eigenvalue weighted by atomic mass is 16.1. The number of nitrogens with zero attached hydrogens (tertiary/aromatic N) is 2. The summed E-state index contributed by atoms with van der Waals surface area (Å²) in [5.74, 6) is 0.145. The van der Waals surface area contributed by atoms with Crippen molar-refractivity contribution in [1.82, 2.24) is 5.01 Å². The minimum Gasteiger partial charge on any atom is -0.291 e. The maximum Gasteiger partial charge on any atom is 0.196 e. The van der Waals surface area contributed by atoms with E-state index in [1.165, 1.54) is 25.5 Å². The van der Waals surface area contributed by atoms with Crippen LogP contribution in [0.4, 0.5) is 0 Å². The zero-order valence-electron chi connectivity index (χ0n) is 5.79. The van der Waals surface area contributed by atoms with Crippen LogP contribution in [-0.2, 0) is 4.79 Å². The molecule has 1 saturated carbocycles. The summed E-state index contributed by atoms with van der Waals surface area (Å²) in [4.78, 5) is 10.7. The van der Waals surface area contributed by atoms with Gasteiger partial charge in [-0.25, -0.2) is 0 Å². The molecular weight excluding hydrogens is 128 g/mol. The lowest BCUT2D eigenvalue weighted by Gasteiger charge is -2.32. The Hall–Kier alpha value is -0.860. The van der Waals surface area contributed by atoms with Gasteiger partial charge in [-0.2, -0.15) is 5.10 Å². The highest BCUT2D eigenvalue weighted by Gasteiger charge is 2.27. The summed E-state index contributed by atoms with van der Waals surface area (Å²) in [5.41, 5.74) is 0. The first-order valence-electron chi connectivity index (χ1n) is 3.70. The molecule has 0 spiro atoms. The van der Waals surface area contributed by atoms with Gasteiger partial charge in [0, 0.05) is 6.04 Å². The Morgan fingerprint density at radius 1 is 1.60 bits per heavy atom. The molecule has 0 N–H and O–H groups in total. The highest BCUT2D eigenvalue weighted by molar-refractivity contribution is 6.29. The smallest absolute Gasteiger partial charge is 0.196 e. The van der Waals surface area contributed by atoms with E-state index in [1.807, 2.05) is 5.01 Å². The molecule has 1 fully saturated rings. The average Bonchev–Trinajstić information content (AvgIpc) is 2.10. The monoisotopic (exact) mass is 138 g/mol. The Morgan fingerprint density at radius 2 is 2.40 bits per heavy atom. The molecule has 0 radical (unpaired) electrons. The second kappa shape index (κ2) is 2.08. The van der Waals surface area contributed by atoms with Gasteiger partial charge in [-0.1, -0.05) is 0 Å². The third-order valence-electron chi connectivity index (χ3n) is 2.16. The standard InChI is InChI=1S/C7H10N2O/c10-7-4-8-9(5-7)6-2-1-3-6/h4,6H,1-3,5H2. The lowest BCUT2D eigenvalue weighted by molar-refractivity contribution is -0.113. The van der Waals surface area contributed by atoms with Crippen molar-refractivity contribution in [3.05, 3.63) is 0 Å². The van der Waals surface area contributed by atoms with Gasteiger partial charge < -0.3 is 0 Å². The van der Waals surface area contributed by atoms with Crippen LogP contribution in [0.3, 0.4) is 0 Å². The highest BCUT2D eigenvalue weighted by Crippen LogP contribution is 2.25. The molecule has 0 aromatic carbocycles. The molecule has 3 heteroatoms. The molecule has 0 atom stereocenters. The second-order valence-corrected chi connectivity index (χ2v) is 2.89. The summed E-state index contributed by atoms with van der Waals surface area (Å²) in [6.07, 6.45) is 5.15. The number of carbonyl (C=O) groups excluding carboxylic acids is 1. The predicted molar refractivity (Wildman–Crippen MR) is 37.8 cm³/mol. The van der Waals surface area contributed by atoms with Gasteiger partial charge in [-0.3, -0.25) is 9.80 Å². The predicted octanol–water partition coefficient (Wildman–Crippen LogP) is 0.409. The summed E-state index contributed by atoms with van der Waals surface area (Å²) in [6.45, 7) is 0.519. The molecular formula is C7H10N2O. The average molecular weight is 138 g/mol. The zero-order chi connectivity index (χ0) is 6.97. The Kier molecular flexibility index (Phi) is 1.22. The summed E-state index contributed by atoms with van der Waals surface area (Å²) >= 11 is 0. The quantitative estimate of drug-likeness (QED) is 0.525. The number of ketones is 1. The van der Waals surface area contributed by atoms with Crippen LogP contribution in [0.1, 0.15) is 19.3 Å². The Bertz CT molecular complexity index is 184. The van der Waals surface area contributed by atoms with Crippen LogP contribution < -0.4 is 0 Å². The van der Waals surface area contributed by atoms with Crippen LogP contribution in [-0.4, -0.2) is 29.6 Å². The van der Waals surface area contributed by atoms with Crippen molar-refractivity contribution >= 4 is 12.0 Å². The van der Waals surface area contributed by atoms with Crippen molar-refractivity contribution in [2.45, 2.75) is 25.3 Å². The number of hydrogen-bond acceptors (Lipinski definition) is 3. The van der Waals surface area contributed by atoms with E-state index in [2.05, 4.69) is 5.10 Å². The van der Waals surface area contributed by atoms with Gasteiger partial charge >= 0.3 is 0 Å². The lowest BCUT2D eigenvalue weighted by atomic mass is 9.93. The van der Waals surface area contributed by atoms with Crippen molar-refractivity contribution in [3.8, 4) is 0 Å². The number of hydrazone groups is 1. The van der Waals surface area contributed by atoms with E-state index in [4.69, 9.17) is 0 Å². The molecule has 0 amide bonds. The van der Waals surface area contributed by atoms with Crippen molar-refractivity contribution in [1.29, 1.82) is 0 Å². The fourth-order valence-corrected chi connectivity index (χ4v) is 1.29. The van der Waals surface area contributed by atoms with Crippen molar-refractivity contribution in [2.24, 2.45) is 5.10 Å². The molecule has 0 unspecified atom stereocenters. The summed E-state index contributed by atoms with van der Waals surface area (Å²) in [7, 11) is 0. The normalized spacial score (nSPS) is 25.6. The number of carbonyl (C=O) groups is 1. The molecule has 3 nitrogen and oxygen atoms in total. The number of rotatable bonds is 1. The molecule has 1 aliphatic carbocycles. The van der Waals surface area contributed by atoms with E-state index in [9.17, 15) is 4.79 Å². The van der Waals surface area contributed by atoms with Gasteiger partial charge in [0.05, 0.1) is 6.21 Å². The SMILES string of the molecule is O=C1C=NN(C2CCC2)C1. The third kappa shape index (κ3) is 0.818. The van der Waals surface area contributed by atoms with Crippen LogP contribution in [0, 0.1) is 0 Å². The van der Waals surface area contributed by atoms with E-state index in [0.29, 0.717) is 12.6 Å². The van der Waals surface area contributed by atoms with Crippen LogP contribution in [0.5, 0.6) is 0 Å². The largest absolute Gasteiger partial charge is 0.291 e. The number of hydrogen-bond donors (Lipinski definition) is 0. The van der Waals surface area contributed by atoms with Crippen molar-refractivity contribution < 1.29 is 4.79 Å². The first-order chi connectivity index (χ1) is 4.86. The van der Waals surface area contributed by atoms with E-state index in [0.717, 1.165) is 0 Å². The molecule has 0 aromatic heterocycles. The summed E-state index contributed by atoms with van der Waals surface area (Å²) < 4.78 is 0. The number of Topliss-reactive ketones (excluding diaryl/α,β-unsaturated/α-hetero) is 1. The van der Waals surface area contributed by atoms with Crippen LogP contribution in [0.2, 0.25) is 0 Å². The van der Waals surface area contributed by atoms with Gasteiger partial charge in [-0.05, 0) is 19.3 Å². The molecule has 2 rings (SSSR count). The molecule has 2 aliphatic rings. The summed E-state index contributed by atoms with van der Waals surface area (Å²) in [5, 5.41) is 5.91. The Balaban J connectivity index is 1.95. The van der Waals surface area contributed by atoms with E-state index in [-0.39, 0.29) is 5.78 Å². The molecule has 10 heavy (non-hydrogen) atoms. The Labute approximate surface area is 59.7 Å². The Morgan fingerprint density at radius 3 is 2.80 bits per heavy atom. The van der Waals surface area contributed by atoms with E-state index >= 15 is 0 Å². The topological polar surface area (TPSA) is 32.7 Å². The molecule has 0 aromatic rings. The third-order valence-corrected chi connectivity index (χ3v) is 2.16. The van der Waals surface area contributed by atoms with Gasteiger partial charge in [0.1, 0.15) is 6.54 Å². The molecule has 1 aliphatic heterocycles. The van der Waals surface area contributed by atoms with Gasteiger partial charge in [0.2, 0.25) is 0 Å². The van der Waals surface area contributed by atoms with Crippen LogP contribution in [0.25, 0.3) is 0 Å². The van der Waals surface area contributed by atoms with Crippen LogP contribution >= 0.6 is 0 Å². The van der Waals surface area contributed by atoms with Gasteiger partial charge in [0.25, 0.3) is 0 Å². The summed E-state index contributed by atoms with van der Waals surface area (Å²) in [6, 6.07) is 0.572. The molecule has 1 heterocycles. The van der Waals surface area contributed by atoms with Crippen molar-refractivity contribution in [2.75, 3.05) is 6.54 Å². The fraction of sp³-hybridized carbons (Fsp3) is 0.714. The van der Waals surface area contributed by atoms with Gasteiger partial charge in [-0.15, -0.1) is 0 Å². The zero-order valence-corrected chi connectivity index (χ0v) is 5.79. The van der Waals surface area contributed by atoms with E-state index < -0.39 is 0 Å². The maximum atomic E-state index is 10.7. The van der Waals surface area contributed by atoms with Gasteiger partial charge in [0.15, 0.2) is 5.78 Å². The maximum absolute atomic E-state index is 10.7. The van der Waals surface area contributed by atoms with Crippen LogP contribution in [0.15, 0.2) is 5.10 Å². The first kappa shape index (κ1) is 5.89. The van der Waals surface area contributed by atoms with Crippen molar-refractivity contribution in [3.63, 3.8) is 0 Å². The second-order valence-electron chi connectivity index (χ2n) is 2.89. The minimum atomic E-state index is 0.145. The molecule has 0 saturated heterocycles. The minimum absolute atomic E-state index is 0.145. The first-order valence-corrected chi connectivity index (χ1v) is 3.70. The molecule has 0 bridgehead atoms. The molecule has 54 valence electrons. The lowest BCUT2D eigenvalue weighted by Crippen LogP contribution is -2.36.